The quantitative estimate of drug-likeness (QED) is 0.167. The van der Waals surface area contributed by atoms with Crippen LogP contribution in [0.4, 0.5) is 17.1 Å². The summed E-state index contributed by atoms with van der Waals surface area (Å²) in [6.07, 6.45) is 0. The van der Waals surface area contributed by atoms with E-state index in [0.29, 0.717) is 0 Å². The van der Waals surface area contributed by atoms with E-state index in [4.69, 9.17) is 0 Å². The van der Waals surface area contributed by atoms with Gasteiger partial charge in [0.1, 0.15) is 0 Å². The van der Waals surface area contributed by atoms with Gasteiger partial charge in [0.05, 0.1) is 0 Å². The number of fused-ring (bicyclic) bond motifs is 6. The molecule has 9 rings (SSSR count). The Balaban J connectivity index is 1.20. The van der Waals surface area contributed by atoms with Crippen molar-refractivity contribution in [3.63, 3.8) is 0 Å². The van der Waals surface area contributed by atoms with Gasteiger partial charge in [-0.05, 0) is 102 Å². The van der Waals surface area contributed by atoms with Crippen molar-refractivity contribution in [2.75, 3.05) is 4.90 Å². The molecular weight excluding hydrogens is 591 g/mol. The van der Waals surface area contributed by atoms with Gasteiger partial charge in [0.2, 0.25) is 0 Å². The summed E-state index contributed by atoms with van der Waals surface area (Å²) in [5, 5.41) is 7.64. The fraction of sp³-hybridized carbons (Fsp3) is 0. The normalized spacial score (nSPS) is 11.3. The largest absolute Gasteiger partial charge is 0.310 e. The van der Waals surface area contributed by atoms with Crippen LogP contribution in [0.15, 0.2) is 200 Å². The second kappa shape index (κ2) is 12.3. The lowest BCUT2D eigenvalue weighted by atomic mass is 9.93. The molecule has 0 fully saturated rings. The van der Waals surface area contributed by atoms with Crippen molar-refractivity contribution in [1.29, 1.82) is 0 Å². The molecule has 49 heavy (non-hydrogen) atoms. The van der Waals surface area contributed by atoms with Crippen LogP contribution in [0.5, 0.6) is 0 Å². The van der Waals surface area contributed by atoms with Crippen molar-refractivity contribution in [3.05, 3.63) is 200 Å². The van der Waals surface area contributed by atoms with Crippen LogP contribution >= 0.6 is 0 Å². The van der Waals surface area contributed by atoms with Gasteiger partial charge in [0.25, 0.3) is 0 Å². The number of hydrogen-bond acceptors (Lipinski definition) is 1. The Morgan fingerprint density at radius 3 is 1.10 bits per heavy atom. The van der Waals surface area contributed by atoms with E-state index in [2.05, 4.69) is 205 Å². The molecule has 0 unspecified atom stereocenters. The minimum absolute atomic E-state index is 1.11. The van der Waals surface area contributed by atoms with E-state index in [1.165, 1.54) is 65.7 Å². The Hall–Kier alpha value is -6.44. The summed E-state index contributed by atoms with van der Waals surface area (Å²) in [5.74, 6) is 0. The highest BCUT2D eigenvalue weighted by Gasteiger charge is 2.17. The van der Waals surface area contributed by atoms with Crippen LogP contribution in [0.2, 0.25) is 0 Å². The second-order valence-corrected chi connectivity index (χ2v) is 12.5. The molecule has 0 N–H and O–H groups in total. The fourth-order valence-electron chi connectivity index (χ4n) is 7.31. The molecule has 0 saturated heterocycles. The maximum Gasteiger partial charge on any atom is 0.0468 e. The molecule has 0 aromatic heterocycles. The maximum atomic E-state index is 2.38. The first kappa shape index (κ1) is 28.8. The van der Waals surface area contributed by atoms with Crippen molar-refractivity contribution in [1.82, 2.24) is 0 Å². The average Bonchev–Trinajstić information content (AvgIpc) is 3.19. The van der Waals surface area contributed by atoms with Gasteiger partial charge in [0, 0.05) is 17.1 Å². The van der Waals surface area contributed by atoms with Crippen LogP contribution in [0.3, 0.4) is 0 Å². The lowest BCUT2D eigenvalue weighted by molar-refractivity contribution is 1.29. The van der Waals surface area contributed by atoms with Gasteiger partial charge in [-0.3, -0.25) is 0 Å². The van der Waals surface area contributed by atoms with E-state index in [1.54, 1.807) is 0 Å². The Morgan fingerprint density at radius 2 is 0.571 bits per heavy atom. The van der Waals surface area contributed by atoms with Gasteiger partial charge in [-0.25, -0.2) is 0 Å². The lowest BCUT2D eigenvalue weighted by Crippen LogP contribution is -2.10. The predicted octanol–water partition coefficient (Wildman–Crippen LogP) is 13.6. The SMILES string of the molecule is c1ccc(-c2ccc(N(c3ccc(-c4ccccc4-c4ccccc4)cc3)c3ccc4c5ccccc5c5ccccc5c4c3)cc2)cc1. The smallest absolute Gasteiger partial charge is 0.0468 e. The summed E-state index contributed by atoms with van der Waals surface area (Å²) in [6.45, 7) is 0. The predicted molar refractivity (Wildman–Crippen MR) is 210 cm³/mol. The number of benzene rings is 9. The summed E-state index contributed by atoms with van der Waals surface area (Å²) in [4.78, 5) is 2.38. The molecule has 0 aliphatic rings. The third-order valence-electron chi connectivity index (χ3n) is 9.67. The number of rotatable bonds is 6. The van der Waals surface area contributed by atoms with Crippen molar-refractivity contribution >= 4 is 49.4 Å². The summed E-state index contributed by atoms with van der Waals surface area (Å²) in [5.41, 5.74) is 10.6. The van der Waals surface area contributed by atoms with Crippen LogP contribution in [-0.4, -0.2) is 0 Å². The minimum Gasteiger partial charge on any atom is -0.310 e. The number of nitrogens with zero attached hydrogens (tertiary/aromatic N) is 1. The molecule has 0 bridgehead atoms. The average molecular weight is 624 g/mol. The van der Waals surface area contributed by atoms with Crippen LogP contribution in [0, 0.1) is 0 Å². The second-order valence-electron chi connectivity index (χ2n) is 12.5. The standard InChI is InChI=1S/C48H33N/c1-3-13-34(14-4-1)35-23-27-38(28-24-35)49(39-29-25-37(26-30-39)42-18-8-7-17-41(42)36-15-5-2-6-16-36)40-31-32-47-45-21-10-9-19-43(45)44-20-11-12-22-46(44)48(47)33-40/h1-33H. The van der Waals surface area contributed by atoms with Crippen LogP contribution in [0.1, 0.15) is 0 Å². The Labute approximate surface area is 287 Å². The molecule has 1 nitrogen and oxygen atoms in total. The van der Waals surface area contributed by atoms with Gasteiger partial charge in [-0.1, -0.05) is 164 Å². The van der Waals surface area contributed by atoms with Gasteiger partial charge in [-0.15, -0.1) is 0 Å². The monoisotopic (exact) mass is 623 g/mol. The molecule has 0 saturated carbocycles. The van der Waals surface area contributed by atoms with E-state index >= 15 is 0 Å². The molecule has 9 aromatic carbocycles. The molecule has 0 spiro atoms. The first-order chi connectivity index (χ1) is 24.3. The third-order valence-corrected chi connectivity index (χ3v) is 9.67. The van der Waals surface area contributed by atoms with Crippen LogP contribution < -0.4 is 4.90 Å². The minimum atomic E-state index is 1.11. The molecule has 0 aliphatic carbocycles. The Morgan fingerprint density at radius 1 is 0.224 bits per heavy atom. The Bertz CT molecular complexity index is 2530. The van der Waals surface area contributed by atoms with Gasteiger partial charge < -0.3 is 4.90 Å². The summed E-state index contributed by atoms with van der Waals surface area (Å²) in [7, 11) is 0. The highest BCUT2D eigenvalue weighted by molar-refractivity contribution is 6.25. The number of anilines is 3. The lowest BCUT2D eigenvalue weighted by Gasteiger charge is -2.27. The highest BCUT2D eigenvalue weighted by Crippen LogP contribution is 2.42. The molecule has 0 aliphatic heterocycles. The van der Waals surface area contributed by atoms with E-state index < -0.39 is 0 Å². The molecule has 0 atom stereocenters. The van der Waals surface area contributed by atoms with E-state index in [-0.39, 0.29) is 0 Å². The molecule has 1 heteroatoms. The van der Waals surface area contributed by atoms with Crippen LogP contribution in [0.25, 0.3) is 65.7 Å². The first-order valence-corrected chi connectivity index (χ1v) is 16.9. The van der Waals surface area contributed by atoms with E-state index in [0.717, 1.165) is 17.1 Å². The summed E-state index contributed by atoms with van der Waals surface area (Å²) >= 11 is 0. The molecule has 230 valence electrons. The topological polar surface area (TPSA) is 3.24 Å². The van der Waals surface area contributed by atoms with Gasteiger partial charge in [0.15, 0.2) is 0 Å². The third kappa shape index (κ3) is 5.23. The van der Waals surface area contributed by atoms with Crippen LogP contribution in [-0.2, 0) is 0 Å². The van der Waals surface area contributed by atoms with E-state index in [1.807, 2.05) is 0 Å². The van der Waals surface area contributed by atoms with Gasteiger partial charge >= 0.3 is 0 Å². The molecule has 0 amide bonds. The van der Waals surface area contributed by atoms with Gasteiger partial charge in [-0.2, -0.15) is 0 Å². The highest BCUT2D eigenvalue weighted by atomic mass is 15.1. The van der Waals surface area contributed by atoms with Crippen molar-refractivity contribution < 1.29 is 0 Å². The molecular formula is C48H33N. The zero-order valence-corrected chi connectivity index (χ0v) is 27.0. The van der Waals surface area contributed by atoms with Crippen molar-refractivity contribution in [3.8, 4) is 33.4 Å². The zero-order valence-electron chi connectivity index (χ0n) is 27.0. The first-order valence-electron chi connectivity index (χ1n) is 16.9. The summed E-state index contributed by atoms with van der Waals surface area (Å²) < 4.78 is 0. The van der Waals surface area contributed by atoms with Crippen molar-refractivity contribution in [2.24, 2.45) is 0 Å². The molecule has 0 heterocycles. The zero-order chi connectivity index (χ0) is 32.6. The number of hydrogen-bond donors (Lipinski definition) is 0. The summed E-state index contributed by atoms with van der Waals surface area (Å²) in [6, 6.07) is 72.3. The van der Waals surface area contributed by atoms with Crippen molar-refractivity contribution in [2.45, 2.75) is 0 Å². The maximum absolute atomic E-state index is 2.38. The fourth-order valence-corrected chi connectivity index (χ4v) is 7.31. The van der Waals surface area contributed by atoms with E-state index in [9.17, 15) is 0 Å². The molecule has 0 radical (unpaired) electrons. The Kier molecular flexibility index (Phi) is 7.22. The molecule has 9 aromatic rings.